The molecule has 1 aliphatic heterocycles. The summed E-state index contributed by atoms with van der Waals surface area (Å²) in [5.41, 5.74) is 1.29. The van der Waals surface area contributed by atoms with Crippen molar-refractivity contribution in [3.63, 3.8) is 0 Å². The van der Waals surface area contributed by atoms with Gasteiger partial charge in [0.1, 0.15) is 5.75 Å². The molecule has 1 fully saturated rings. The third kappa shape index (κ3) is 3.97. The second-order valence-electron chi connectivity index (χ2n) is 5.41. The van der Waals surface area contributed by atoms with Crippen molar-refractivity contribution < 1.29 is 9.53 Å². The molecule has 1 aliphatic rings. The number of rotatable bonds is 5. The Morgan fingerprint density at radius 3 is 2.70 bits per heavy atom. The van der Waals surface area contributed by atoms with Gasteiger partial charge in [-0.25, -0.2) is 0 Å². The summed E-state index contributed by atoms with van der Waals surface area (Å²) < 4.78 is 5.41. The smallest absolute Gasteiger partial charge is 0.233 e. The minimum absolute atomic E-state index is 0.105. The van der Waals surface area contributed by atoms with Gasteiger partial charge in [0.05, 0.1) is 13.7 Å². The quantitative estimate of drug-likeness (QED) is 0.890. The molecule has 1 aromatic carbocycles. The van der Waals surface area contributed by atoms with Gasteiger partial charge in [0.25, 0.3) is 0 Å². The van der Waals surface area contributed by atoms with Crippen LogP contribution in [0.5, 0.6) is 5.75 Å². The Bertz CT molecular complexity index is 440. The molecule has 1 N–H and O–H groups in total. The first-order valence-electron chi connectivity index (χ1n) is 7.27. The minimum atomic E-state index is 0.105. The molecule has 0 aliphatic carbocycles. The number of piperidine rings is 1. The van der Waals surface area contributed by atoms with Gasteiger partial charge in [0, 0.05) is 7.05 Å². The highest BCUT2D eigenvalue weighted by atomic mass is 16.5. The van der Waals surface area contributed by atoms with Crippen molar-refractivity contribution in [1.29, 1.82) is 0 Å². The zero-order valence-corrected chi connectivity index (χ0v) is 12.4. The van der Waals surface area contributed by atoms with E-state index in [9.17, 15) is 4.79 Å². The van der Waals surface area contributed by atoms with E-state index in [2.05, 4.69) is 22.3 Å². The average Bonchev–Trinajstić information content (AvgIpc) is 2.49. The van der Waals surface area contributed by atoms with E-state index < -0.39 is 0 Å². The largest absolute Gasteiger partial charge is 0.496 e. The van der Waals surface area contributed by atoms with Gasteiger partial charge in [-0.1, -0.05) is 18.2 Å². The van der Waals surface area contributed by atoms with Gasteiger partial charge in [-0.2, -0.15) is 0 Å². The molecule has 110 valence electrons. The van der Waals surface area contributed by atoms with E-state index in [0.29, 0.717) is 12.5 Å². The van der Waals surface area contributed by atoms with Gasteiger partial charge in [0.2, 0.25) is 5.91 Å². The first-order valence-corrected chi connectivity index (χ1v) is 7.27. The summed E-state index contributed by atoms with van der Waals surface area (Å²) in [6.07, 6.45) is 3.36. The van der Waals surface area contributed by atoms with E-state index in [1.54, 1.807) is 14.2 Å². The lowest BCUT2D eigenvalue weighted by Gasteiger charge is -2.31. The lowest BCUT2D eigenvalue weighted by Crippen LogP contribution is -2.40. The molecule has 1 amide bonds. The van der Waals surface area contributed by atoms with Gasteiger partial charge < -0.3 is 10.1 Å². The minimum Gasteiger partial charge on any atom is -0.496 e. The predicted molar refractivity (Wildman–Crippen MR) is 79.9 cm³/mol. The summed E-state index contributed by atoms with van der Waals surface area (Å²) >= 11 is 0. The van der Waals surface area contributed by atoms with Crippen LogP contribution in [0.1, 0.15) is 18.4 Å². The normalized spacial score (nSPS) is 16.9. The van der Waals surface area contributed by atoms with Crippen LogP contribution >= 0.6 is 0 Å². The fourth-order valence-corrected chi connectivity index (χ4v) is 2.81. The van der Waals surface area contributed by atoms with Crippen molar-refractivity contribution in [2.75, 3.05) is 33.8 Å². The number of amides is 1. The maximum Gasteiger partial charge on any atom is 0.233 e. The van der Waals surface area contributed by atoms with Crippen molar-refractivity contribution in [2.24, 2.45) is 5.92 Å². The number of methoxy groups -OCH3 is 1. The first-order chi connectivity index (χ1) is 9.72. The molecule has 1 aromatic rings. The zero-order chi connectivity index (χ0) is 14.4. The number of hydrogen-bond acceptors (Lipinski definition) is 3. The van der Waals surface area contributed by atoms with Crippen molar-refractivity contribution in [3.8, 4) is 5.75 Å². The molecule has 4 heteroatoms. The summed E-state index contributed by atoms with van der Waals surface area (Å²) in [6, 6.07) is 8.25. The summed E-state index contributed by atoms with van der Waals surface area (Å²) in [5.74, 6) is 1.78. The molecular formula is C16H24N2O2. The van der Waals surface area contributed by atoms with Gasteiger partial charge in [-0.3, -0.25) is 9.69 Å². The lowest BCUT2D eigenvalue weighted by atomic mass is 9.90. The van der Waals surface area contributed by atoms with Gasteiger partial charge in [0.15, 0.2) is 0 Å². The number of benzene rings is 1. The molecule has 0 unspecified atom stereocenters. The number of nitrogens with one attached hydrogen (secondary N) is 1. The van der Waals surface area contributed by atoms with Gasteiger partial charge >= 0.3 is 0 Å². The second-order valence-corrected chi connectivity index (χ2v) is 5.41. The number of nitrogens with zero attached hydrogens (tertiary/aromatic N) is 1. The summed E-state index contributed by atoms with van der Waals surface area (Å²) in [4.78, 5) is 13.6. The highest BCUT2D eigenvalue weighted by Gasteiger charge is 2.21. The molecule has 4 nitrogen and oxygen atoms in total. The zero-order valence-electron chi connectivity index (χ0n) is 12.4. The van der Waals surface area contributed by atoms with Crippen LogP contribution in [-0.2, 0) is 11.2 Å². The SMILES string of the molecule is CNC(=O)CN1CCC(Cc2ccccc2OC)CC1. The predicted octanol–water partition coefficient (Wildman–Crippen LogP) is 1.70. The molecular weight excluding hydrogens is 252 g/mol. The Labute approximate surface area is 121 Å². The second kappa shape index (κ2) is 7.29. The van der Waals surface area contributed by atoms with Gasteiger partial charge in [-0.05, 0) is 49.9 Å². The monoisotopic (exact) mass is 276 g/mol. The maximum atomic E-state index is 11.4. The topological polar surface area (TPSA) is 41.6 Å². The van der Waals surface area contributed by atoms with Crippen LogP contribution in [0.25, 0.3) is 0 Å². The number of carbonyl (C=O) groups is 1. The Balaban J connectivity index is 1.84. The number of para-hydroxylation sites is 1. The highest BCUT2D eigenvalue weighted by Crippen LogP contribution is 2.26. The number of likely N-dealkylation sites (tertiary alicyclic amines) is 1. The fourth-order valence-electron chi connectivity index (χ4n) is 2.81. The number of carbonyl (C=O) groups excluding carboxylic acids is 1. The third-order valence-electron chi connectivity index (χ3n) is 4.05. The van der Waals surface area contributed by atoms with Crippen LogP contribution in [0.2, 0.25) is 0 Å². The van der Waals surface area contributed by atoms with Crippen molar-refractivity contribution in [2.45, 2.75) is 19.3 Å². The lowest BCUT2D eigenvalue weighted by molar-refractivity contribution is -0.122. The van der Waals surface area contributed by atoms with E-state index in [4.69, 9.17) is 4.74 Å². The highest BCUT2D eigenvalue weighted by molar-refractivity contribution is 5.77. The molecule has 0 bridgehead atoms. The van der Waals surface area contributed by atoms with Crippen molar-refractivity contribution in [3.05, 3.63) is 29.8 Å². The molecule has 1 saturated heterocycles. The Hall–Kier alpha value is -1.55. The maximum absolute atomic E-state index is 11.4. The van der Waals surface area contributed by atoms with Crippen LogP contribution in [-0.4, -0.2) is 44.6 Å². The van der Waals surface area contributed by atoms with Crippen molar-refractivity contribution in [1.82, 2.24) is 10.2 Å². The van der Waals surface area contributed by atoms with Crippen LogP contribution in [0.4, 0.5) is 0 Å². The third-order valence-corrected chi connectivity index (χ3v) is 4.05. The van der Waals surface area contributed by atoms with E-state index in [1.807, 2.05) is 12.1 Å². The average molecular weight is 276 g/mol. The summed E-state index contributed by atoms with van der Waals surface area (Å²) in [5, 5.41) is 2.68. The fraction of sp³-hybridized carbons (Fsp3) is 0.562. The molecule has 0 atom stereocenters. The van der Waals surface area contributed by atoms with Gasteiger partial charge in [-0.15, -0.1) is 0 Å². The van der Waals surface area contributed by atoms with E-state index in [1.165, 1.54) is 5.56 Å². The molecule has 0 radical (unpaired) electrons. The Morgan fingerprint density at radius 2 is 2.05 bits per heavy atom. The van der Waals surface area contributed by atoms with Crippen molar-refractivity contribution >= 4 is 5.91 Å². The number of ether oxygens (including phenoxy) is 1. The van der Waals surface area contributed by atoms with E-state index in [0.717, 1.165) is 38.1 Å². The molecule has 1 heterocycles. The van der Waals surface area contributed by atoms with Crippen LogP contribution in [0, 0.1) is 5.92 Å². The molecule has 0 spiro atoms. The molecule has 2 rings (SSSR count). The summed E-state index contributed by atoms with van der Waals surface area (Å²) in [6.45, 7) is 2.54. The molecule has 0 saturated carbocycles. The van der Waals surface area contributed by atoms with Crippen LogP contribution < -0.4 is 10.1 Å². The van der Waals surface area contributed by atoms with E-state index >= 15 is 0 Å². The molecule has 20 heavy (non-hydrogen) atoms. The molecule has 0 aromatic heterocycles. The van der Waals surface area contributed by atoms with E-state index in [-0.39, 0.29) is 5.91 Å². The standard InChI is InChI=1S/C16H24N2O2/c1-17-16(19)12-18-9-7-13(8-10-18)11-14-5-3-4-6-15(14)20-2/h3-6,13H,7-12H2,1-2H3,(H,17,19). The summed E-state index contributed by atoms with van der Waals surface area (Å²) in [7, 11) is 3.42. The van der Waals surface area contributed by atoms with Crippen LogP contribution in [0.3, 0.4) is 0 Å². The Kier molecular flexibility index (Phi) is 5.41. The Morgan fingerprint density at radius 1 is 1.35 bits per heavy atom. The number of hydrogen-bond donors (Lipinski definition) is 1. The first kappa shape index (κ1) is 14.9. The van der Waals surface area contributed by atoms with Crippen LogP contribution in [0.15, 0.2) is 24.3 Å². The number of likely N-dealkylation sites (N-methyl/N-ethyl adjacent to an activating group) is 1.